The minimum Gasteiger partial charge on any atom is -0.489 e. The predicted octanol–water partition coefficient (Wildman–Crippen LogP) is 5.69. The van der Waals surface area contributed by atoms with Crippen molar-refractivity contribution in [3.8, 4) is 23.6 Å². The highest BCUT2D eigenvalue weighted by Crippen LogP contribution is 2.32. The summed E-state index contributed by atoms with van der Waals surface area (Å²) in [5.74, 6) is 0.907. The van der Waals surface area contributed by atoms with Gasteiger partial charge in [0, 0.05) is 26.2 Å². The third-order valence-corrected chi connectivity index (χ3v) is 7.40. The lowest BCUT2D eigenvalue weighted by atomic mass is 10.1. The molecule has 2 aliphatic rings. The lowest BCUT2D eigenvalue weighted by Crippen LogP contribution is -2.54. The van der Waals surface area contributed by atoms with Gasteiger partial charge in [0.15, 0.2) is 12.2 Å². The first kappa shape index (κ1) is 32.4. The zero-order chi connectivity index (χ0) is 31.0. The molecule has 2 aromatic rings. The summed E-state index contributed by atoms with van der Waals surface area (Å²) in [5, 5.41) is 17.9. The summed E-state index contributed by atoms with van der Waals surface area (Å²) in [6, 6.07) is 16.6. The van der Waals surface area contributed by atoms with Gasteiger partial charge in [0.05, 0.1) is 23.3 Å². The summed E-state index contributed by atoms with van der Waals surface area (Å²) >= 11 is 0. The first-order valence-electron chi connectivity index (χ1n) is 14.0. The van der Waals surface area contributed by atoms with Crippen LogP contribution in [0.25, 0.3) is 0 Å². The first-order valence-corrected chi connectivity index (χ1v) is 14.0. The van der Waals surface area contributed by atoms with E-state index in [1.165, 1.54) is 9.80 Å². The van der Waals surface area contributed by atoms with E-state index in [1.807, 2.05) is 12.1 Å². The van der Waals surface area contributed by atoms with Crippen LogP contribution >= 0.6 is 0 Å². The van der Waals surface area contributed by atoms with Crippen LogP contribution in [0.2, 0.25) is 0 Å². The Bertz CT molecular complexity index is 1160. The molecule has 2 fully saturated rings. The summed E-state index contributed by atoms with van der Waals surface area (Å²) < 4.78 is 101. The van der Waals surface area contributed by atoms with Gasteiger partial charge in [-0.3, -0.25) is 9.80 Å². The molecule has 0 N–H and O–H groups in total. The van der Waals surface area contributed by atoms with Crippen LogP contribution in [0.4, 0.5) is 26.3 Å². The Morgan fingerprint density at radius 1 is 0.674 bits per heavy atom. The van der Waals surface area contributed by atoms with E-state index in [0.717, 1.165) is 0 Å². The highest BCUT2D eigenvalue weighted by atomic mass is 19.4. The molecule has 0 spiro atoms. The number of piperidine rings is 2. The number of nitriles is 2. The second kappa shape index (κ2) is 14.3. The molecule has 0 bridgehead atoms. The number of likely N-dealkylation sites (tertiary alicyclic amines) is 2. The fraction of sp³-hybridized carbons (Fsp3) is 0.533. The van der Waals surface area contributed by atoms with Gasteiger partial charge < -0.3 is 14.2 Å². The molecule has 2 heterocycles. The highest BCUT2D eigenvalue weighted by Gasteiger charge is 2.50. The Balaban J connectivity index is 1.37. The number of halogens is 6. The quantitative estimate of drug-likeness (QED) is 0.320. The Morgan fingerprint density at radius 2 is 1.05 bits per heavy atom. The number of benzene rings is 2. The van der Waals surface area contributed by atoms with Gasteiger partial charge in [-0.2, -0.15) is 36.9 Å². The lowest BCUT2D eigenvalue weighted by molar-refractivity contribution is -0.291. The van der Waals surface area contributed by atoms with Gasteiger partial charge in [-0.15, -0.1) is 0 Å². The van der Waals surface area contributed by atoms with Crippen LogP contribution < -0.4 is 9.47 Å². The SMILES string of the molecule is N#Cc1ccc(OC2CCCN(C[C@H](O[C@@H](CN3CCCC(Oc4ccc(C#N)cc4)C3)C(F)(F)F)C(F)(F)F)C2)cc1. The molecule has 2 unspecified atom stereocenters. The smallest absolute Gasteiger partial charge is 0.415 e. The van der Waals surface area contributed by atoms with Crippen LogP contribution in [0.5, 0.6) is 11.5 Å². The molecule has 0 radical (unpaired) electrons. The van der Waals surface area contributed by atoms with E-state index in [1.54, 1.807) is 48.5 Å². The van der Waals surface area contributed by atoms with E-state index in [0.29, 0.717) is 48.3 Å². The van der Waals surface area contributed by atoms with Crippen molar-refractivity contribution in [3.63, 3.8) is 0 Å². The molecule has 0 aromatic heterocycles. The van der Waals surface area contributed by atoms with Crippen molar-refractivity contribution in [3.05, 3.63) is 59.7 Å². The predicted molar refractivity (Wildman–Crippen MR) is 143 cm³/mol. The van der Waals surface area contributed by atoms with E-state index in [2.05, 4.69) is 0 Å². The first-order chi connectivity index (χ1) is 20.4. The maximum Gasteiger partial charge on any atom is 0.415 e. The van der Waals surface area contributed by atoms with Crippen LogP contribution in [0.1, 0.15) is 36.8 Å². The molecule has 13 heteroatoms. The summed E-state index contributed by atoms with van der Waals surface area (Å²) in [4.78, 5) is 2.84. The molecular formula is C30H32F6N4O3. The van der Waals surface area contributed by atoms with Gasteiger partial charge >= 0.3 is 12.4 Å². The lowest BCUT2D eigenvalue weighted by Gasteiger charge is -2.38. The average Bonchev–Trinajstić information content (AvgIpc) is 2.96. The molecule has 4 atom stereocenters. The van der Waals surface area contributed by atoms with Crippen molar-refractivity contribution >= 4 is 0 Å². The van der Waals surface area contributed by atoms with Crippen molar-refractivity contribution < 1.29 is 40.6 Å². The Hall–Kier alpha value is -3.52. The Morgan fingerprint density at radius 3 is 1.37 bits per heavy atom. The van der Waals surface area contributed by atoms with Gasteiger partial charge in [0.25, 0.3) is 0 Å². The van der Waals surface area contributed by atoms with E-state index in [4.69, 9.17) is 24.7 Å². The third-order valence-electron chi connectivity index (χ3n) is 7.40. The van der Waals surface area contributed by atoms with Crippen molar-refractivity contribution in [1.29, 1.82) is 10.5 Å². The van der Waals surface area contributed by atoms with E-state index < -0.39 is 49.9 Å². The molecule has 4 rings (SSSR count). The normalized spacial score (nSPS) is 21.8. The molecule has 2 aromatic carbocycles. The number of hydrogen-bond acceptors (Lipinski definition) is 7. The van der Waals surface area contributed by atoms with Crippen LogP contribution in [0.15, 0.2) is 48.5 Å². The fourth-order valence-corrected chi connectivity index (χ4v) is 5.27. The van der Waals surface area contributed by atoms with Gasteiger partial charge in [0.2, 0.25) is 0 Å². The molecule has 2 saturated heterocycles. The standard InChI is InChI=1S/C30H32F6N4O3/c31-29(32,33)27(19-39-13-1-3-25(17-39)41-23-9-5-21(15-37)6-10-23)43-28(30(34,35)36)20-40-14-2-4-26(18-40)42-24-11-7-22(16-38)8-12-24/h5-12,25-28H,1-4,13-14,17-20H2/t25?,26?,27-,28-/m0/s1. The molecule has 0 saturated carbocycles. The van der Waals surface area contributed by atoms with E-state index in [-0.39, 0.29) is 26.2 Å². The molecule has 0 amide bonds. The van der Waals surface area contributed by atoms with Crippen LogP contribution in [0.3, 0.4) is 0 Å². The molecular weight excluding hydrogens is 578 g/mol. The second-order valence-corrected chi connectivity index (χ2v) is 10.8. The van der Waals surface area contributed by atoms with Gasteiger partial charge in [-0.1, -0.05) is 0 Å². The minimum atomic E-state index is -5.02. The minimum absolute atomic E-state index is 0.0904. The Labute approximate surface area is 246 Å². The summed E-state index contributed by atoms with van der Waals surface area (Å²) in [6.07, 6.45) is -14.1. The zero-order valence-electron chi connectivity index (χ0n) is 23.3. The van der Waals surface area contributed by atoms with Crippen molar-refractivity contribution in [1.82, 2.24) is 9.80 Å². The summed E-state index contributed by atoms with van der Waals surface area (Å²) in [5.41, 5.74) is 0.863. The van der Waals surface area contributed by atoms with Crippen molar-refractivity contribution in [2.24, 2.45) is 0 Å². The number of hydrogen-bond donors (Lipinski definition) is 0. The van der Waals surface area contributed by atoms with Gasteiger partial charge in [-0.25, -0.2) is 0 Å². The third kappa shape index (κ3) is 9.75. The van der Waals surface area contributed by atoms with Gasteiger partial charge in [0.1, 0.15) is 23.7 Å². The van der Waals surface area contributed by atoms with Crippen molar-refractivity contribution in [2.75, 3.05) is 39.3 Å². The summed E-state index contributed by atoms with van der Waals surface area (Å²) in [7, 11) is 0. The molecule has 2 aliphatic heterocycles. The number of rotatable bonds is 10. The van der Waals surface area contributed by atoms with E-state index >= 15 is 0 Å². The maximum absolute atomic E-state index is 14.0. The molecule has 0 aliphatic carbocycles. The molecule has 232 valence electrons. The number of alkyl halides is 6. The monoisotopic (exact) mass is 610 g/mol. The second-order valence-electron chi connectivity index (χ2n) is 10.8. The summed E-state index contributed by atoms with van der Waals surface area (Å²) in [6.45, 7) is -0.803. The van der Waals surface area contributed by atoms with Crippen LogP contribution in [-0.2, 0) is 4.74 Å². The maximum atomic E-state index is 14.0. The Kier molecular flexibility index (Phi) is 10.8. The highest BCUT2D eigenvalue weighted by molar-refractivity contribution is 5.35. The molecule has 7 nitrogen and oxygen atoms in total. The largest absolute Gasteiger partial charge is 0.489 e. The fourth-order valence-electron chi connectivity index (χ4n) is 5.27. The topological polar surface area (TPSA) is 81.8 Å². The van der Waals surface area contributed by atoms with Crippen molar-refractivity contribution in [2.45, 2.75) is 62.5 Å². The number of nitrogens with zero attached hydrogens (tertiary/aromatic N) is 4. The van der Waals surface area contributed by atoms with E-state index in [9.17, 15) is 26.3 Å². The zero-order valence-corrected chi connectivity index (χ0v) is 23.3. The van der Waals surface area contributed by atoms with Crippen LogP contribution in [0, 0.1) is 22.7 Å². The number of ether oxygens (including phenoxy) is 3. The van der Waals surface area contributed by atoms with Crippen LogP contribution in [-0.4, -0.2) is 85.8 Å². The van der Waals surface area contributed by atoms with Gasteiger partial charge in [-0.05, 0) is 87.3 Å². The average molecular weight is 611 g/mol. The molecule has 43 heavy (non-hydrogen) atoms.